The predicted octanol–water partition coefficient (Wildman–Crippen LogP) is 1.64. The van der Waals surface area contributed by atoms with Gasteiger partial charge in [0.15, 0.2) is 23.1 Å². The van der Waals surface area contributed by atoms with Crippen molar-refractivity contribution in [2.45, 2.75) is 12.8 Å². The minimum Gasteiger partial charge on any atom is -0.505 e. The molecule has 0 amide bonds. The Labute approximate surface area is 93.2 Å². The van der Waals surface area contributed by atoms with Crippen LogP contribution in [-0.2, 0) is 0 Å². The molecule has 0 fully saturated rings. The fourth-order valence-corrected chi connectivity index (χ4v) is 1.53. The van der Waals surface area contributed by atoms with Crippen LogP contribution in [0, 0.1) is 5.82 Å². The normalized spacial score (nSPS) is 12.3. The molecule has 0 aliphatic rings. The van der Waals surface area contributed by atoms with Crippen LogP contribution in [0.25, 0.3) is 0 Å². The Bertz CT molecular complexity index is 379. The summed E-state index contributed by atoms with van der Waals surface area (Å²) in [4.78, 5) is 0. The Morgan fingerprint density at radius 3 is 2.44 bits per heavy atom. The molecule has 0 spiro atoms. The van der Waals surface area contributed by atoms with E-state index in [1.165, 1.54) is 14.2 Å². The molecule has 5 heteroatoms. The van der Waals surface area contributed by atoms with Crippen LogP contribution in [0.4, 0.5) is 4.39 Å². The summed E-state index contributed by atoms with van der Waals surface area (Å²) in [5.74, 6) is -1.33. The van der Waals surface area contributed by atoms with Crippen molar-refractivity contribution in [3.8, 4) is 17.2 Å². The van der Waals surface area contributed by atoms with Gasteiger partial charge in [0, 0.05) is 24.2 Å². The fourth-order valence-electron chi connectivity index (χ4n) is 1.53. The molecule has 4 nitrogen and oxygen atoms in total. The van der Waals surface area contributed by atoms with E-state index < -0.39 is 17.5 Å². The third-order valence-corrected chi connectivity index (χ3v) is 2.40. The highest BCUT2D eigenvalue weighted by molar-refractivity contribution is 5.55. The first kappa shape index (κ1) is 12.6. The van der Waals surface area contributed by atoms with Crippen LogP contribution in [0.15, 0.2) is 6.07 Å². The molecular formula is C11H15FO4. The van der Waals surface area contributed by atoms with E-state index in [0.717, 1.165) is 6.07 Å². The molecule has 16 heavy (non-hydrogen) atoms. The maximum atomic E-state index is 13.4. The van der Waals surface area contributed by atoms with Crippen molar-refractivity contribution in [2.24, 2.45) is 0 Å². The molecule has 1 aromatic carbocycles. The summed E-state index contributed by atoms with van der Waals surface area (Å²) < 4.78 is 23.4. The van der Waals surface area contributed by atoms with Gasteiger partial charge in [0.1, 0.15) is 0 Å². The highest BCUT2D eigenvalue weighted by Gasteiger charge is 2.23. The number of aromatic hydroxyl groups is 1. The summed E-state index contributed by atoms with van der Waals surface area (Å²) in [6.45, 7) is 1.42. The smallest absolute Gasteiger partial charge is 0.169 e. The molecule has 0 saturated carbocycles. The molecule has 0 saturated heterocycles. The molecular weight excluding hydrogens is 215 g/mol. The number of phenolic OH excluding ortho intramolecular Hbond substituents is 1. The van der Waals surface area contributed by atoms with Crippen LogP contribution in [0.3, 0.4) is 0 Å². The van der Waals surface area contributed by atoms with Crippen LogP contribution in [-0.4, -0.2) is 31.0 Å². The molecule has 0 radical (unpaired) electrons. The highest BCUT2D eigenvalue weighted by Crippen LogP contribution is 2.42. The van der Waals surface area contributed by atoms with Gasteiger partial charge in [-0.2, -0.15) is 0 Å². The number of aliphatic hydroxyl groups is 1. The number of ether oxygens (including phenoxy) is 2. The lowest BCUT2D eigenvalue weighted by molar-refractivity contribution is 0.263. The van der Waals surface area contributed by atoms with Crippen molar-refractivity contribution >= 4 is 0 Å². The van der Waals surface area contributed by atoms with E-state index in [2.05, 4.69) is 0 Å². The number of benzene rings is 1. The van der Waals surface area contributed by atoms with Crippen molar-refractivity contribution < 1.29 is 24.1 Å². The van der Waals surface area contributed by atoms with Gasteiger partial charge in [-0.3, -0.25) is 0 Å². The van der Waals surface area contributed by atoms with Gasteiger partial charge in [0.25, 0.3) is 0 Å². The van der Waals surface area contributed by atoms with Crippen LogP contribution in [0.2, 0.25) is 0 Å². The first-order chi connectivity index (χ1) is 7.56. The van der Waals surface area contributed by atoms with E-state index in [9.17, 15) is 9.50 Å². The largest absolute Gasteiger partial charge is 0.505 e. The molecule has 0 aromatic heterocycles. The Morgan fingerprint density at radius 1 is 1.38 bits per heavy atom. The second-order valence-electron chi connectivity index (χ2n) is 3.44. The lowest BCUT2D eigenvalue weighted by Crippen LogP contribution is -2.05. The summed E-state index contributed by atoms with van der Waals surface area (Å²) in [7, 11) is 2.77. The molecule has 1 atom stereocenters. The van der Waals surface area contributed by atoms with Crippen LogP contribution in [0.5, 0.6) is 17.2 Å². The highest BCUT2D eigenvalue weighted by atomic mass is 19.1. The van der Waals surface area contributed by atoms with Crippen molar-refractivity contribution in [1.29, 1.82) is 0 Å². The van der Waals surface area contributed by atoms with Crippen LogP contribution in [0.1, 0.15) is 18.4 Å². The van der Waals surface area contributed by atoms with Crippen molar-refractivity contribution in [2.75, 3.05) is 20.8 Å². The second-order valence-corrected chi connectivity index (χ2v) is 3.44. The maximum Gasteiger partial charge on any atom is 0.169 e. The molecule has 0 heterocycles. The summed E-state index contributed by atoms with van der Waals surface area (Å²) in [5, 5.41) is 18.7. The van der Waals surface area contributed by atoms with Gasteiger partial charge in [-0.05, 0) is 0 Å². The summed E-state index contributed by atoms with van der Waals surface area (Å²) in [5.41, 5.74) is 0.210. The third kappa shape index (κ3) is 2.04. The van der Waals surface area contributed by atoms with Gasteiger partial charge in [-0.25, -0.2) is 4.39 Å². The second kappa shape index (κ2) is 5.03. The summed E-state index contributed by atoms with van der Waals surface area (Å²) >= 11 is 0. The van der Waals surface area contributed by atoms with E-state index >= 15 is 0 Å². The monoisotopic (exact) mass is 230 g/mol. The molecule has 0 bridgehead atoms. The van der Waals surface area contributed by atoms with Gasteiger partial charge in [-0.1, -0.05) is 6.92 Å². The molecule has 1 unspecified atom stereocenters. The quantitative estimate of drug-likeness (QED) is 0.825. The van der Waals surface area contributed by atoms with Crippen molar-refractivity contribution in [3.05, 3.63) is 17.4 Å². The number of hydrogen-bond acceptors (Lipinski definition) is 4. The van der Waals surface area contributed by atoms with Crippen molar-refractivity contribution in [1.82, 2.24) is 0 Å². The molecule has 0 aliphatic heterocycles. The Balaban J connectivity index is 3.46. The van der Waals surface area contributed by atoms with E-state index in [1.807, 2.05) is 0 Å². The number of methoxy groups -OCH3 is 2. The molecule has 1 aromatic rings. The lowest BCUT2D eigenvalue weighted by atomic mass is 9.99. The van der Waals surface area contributed by atoms with E-state index in [-0.39, 0.29) is 23.7 Å². The number of hydrogen-bond donors (Lipinski definition) is 2. The van der Waals surface area contributed by atoms with Crippen LogP contribution < -0.4 is 9.47 Å². The first-order valence-electron chi connectivity index (χ1n) is 4.81. The van der Waals surface area contributed by atoms with E-state index in [4.69, 9.17) is 14.6 Å². The summed E-state index contributed by atoms with van der Waals surface area (Å²) in [6, 6.07) is 1.04. The van der Waals surface area contributed by atoms with Gasteiger partial charge < -0.3 is 19.7 Å². The number of rotatable bonds is 4. The number of aliphatic hydroxyl groups excluding tert-OH is 1. The molecule has 2 N–H and O–H groups in total. The standard InChI is InChI=1S/C11H15FO4/c1-6(5-13)9-10(14)7(12)4-8(15-2)11(9)16-3/h4,6,13-14H,5H2,1-3H3. The fraction of sp³-hybridized carbons (Fsp3) is 0.455. The van der Waals surface area contributed by atoms with Crippen molar-refractivity contribution in [3.63, 3.8) is 0 Å². The maximum absolute atomic E-state index is 13.4. The SMILES string of the molecule is COc1cc(F)c(O)c(C(C)CO)c1OC. The van der Waals surface area contributed by atoms with Crippen LogP contribution >= 0.6 is 0 Å². The Morgan fingerprint density at radius 2 is 2.00 bits per heavy atom. The van der Waals surface area contributed by atoms with E-state index in [1.54, 1.807) is 6.92 Å². The Kier molecular flexibility index (Phi) is 3.95. The predicted molar refractivity (Wildman–Crippen MR) is 56.7 cm³/mol. The third-order valence-electron chi connectivity index (χ3n) is 2.40. The molecule has 0 aliphatic carbocycles. The number of phenols is 1. The summed E-state index contributed by atoms with van der Waals surface area (Å²) in [6.07, 6.45) is 0. The first-order valence-corrected chi connectivity index (χ1v) is 4.81. The number of halogens is 1. The zero-order chi connectivity index (χ0) is 12.3. The lowest BCUT2D eigenvalue weighted by Gasteiger charge is -2.18. The average molecular weight is 230 g/mol. The minimum absolute atomic E-state index is 0.188. The van der Waals surface area contributed by atoms with E-state index in [0.29, 0.717) is 0 Å². The van der Waals surface area contributed by atoms with Gasteiger partial charge in [-0.15, -0.1) is 0 Å². The van der Waals surface area contributed by atoms with Gasteiger partial charge in [0.05, 0.1) is 14.2 Å². The molecule has 90 valence electrons. The van der Waals surface area contributed by atoms with Gasteiger partial charge >= 0.3 is 0 Å². The topological polar surface area (TPSA) is 58.9 Å². The molecule has 1 rings (SSSR count). The zero-order valence-corrected chi connectivity index (χ0v) is 9.45. The minimum atomic E-state index is -0.798. The average Bonchev–Trinajstić information content (AvgIpc) is 2.30. The van der Waals surface area contributed by atoms with Gasteiger partial charge in [0.2, 0.25) is 0 Å². The Hall–Kier alpha value is -1.49. The zero-order valence-electron chi connectivity index (χ0n) is 9.45.